The largest absolute Gasteiger partial charge is 0.340 e. The second kappa shape index (κ2) is 10.1. The van der Waals surface area contributed by atoms with Gasteiger partial charge in [0.2, 0.25) is 6.41 Å². The fourth-order valence-corrected chi connectivity index (χ4v) is 6.91. The van der Waals surface area contributed by atoms with E-state index in [1.165, 1.54) is 63.1 Å². The van der Waals surface area contributed by atoms with Gasteiger partial charge in [-0.25, -0.2) is 0 Å². The van der Waals surface area contributed by atoms with Crippen LogP contribution in [0.3, 0.4) is 0 Å². The molecule has 0 saturated heterocycles. The van der Waals surface area contributed by atoms with Crippen molar-refractivity contribution in [3.8, 4) is 11.1 Å². The summed E-state index contributed by atoms with van der Waals surface area (Å²) in [6.45, 7) is 12.7. The molecule has 4 aliphatic rings. The van der Waals surface area contributed by atoms with E-state index in [2.05, 4.69) is 77.1 Å². The van der Waals surface area contributed by atoms with Crippen molar-refractivity contribution in [1.29, 1.82) is 0 Å². The van der Waals surface area contributed by atoms with Gasteiger partial charge >= 0.3 is 0 Å². The average Bonchev–Trinajstić information content (AvgIpc) is 3.44. The van der Waals surface area contributed by atoms with E-state index < -0.39 is 0 Å². The Morgan fingerprint density at radius 2 is 1.95 bits per heavy atom. The third-order valence-corrected chi connectivity index (χ3v) is 9.05. The summed E-state index contributed by atoms with van der Waals surface area (Å²) >= 11 is 0. The number of hydrogen-bond donors (Lipinski definition) is 1. The van der Waals surface area contributed by atoms with Crippen LogP contribution in [0, 0.1) is 12.8 Å². The Balaban J connectivity index is 1.43. The molecule has 7 rings (SSSR count). The van der Waals surface area contributed by atoms with Crippen molar-refractivity contribution in [2.75, 3.05) is 44.3 Å². The first-order valence-electron chi connectivity index (χ1n) is 15.1. The van der Waals surface area contributed by atoms with Crippen LogP contribution in [0.15, 0.2) is 47.7 Å². The number of anilines is 1. The number of carbonyl (C=O) groups excluding carboxylic acids is 1. The SMILES string of the molecule is CCc1nc(C)ccc1-c1cc(N2CC3=C(CN(C=O)C3)N2CC)cc2cc(C3=CCCNC3)n(CC3CC3)c12. The first-order valence-corrected chi connectivity index (χ1v) is 15.1. The summed E-state index contributed by atoms with van der Waals surface area (Å²) in [7, 11) is 0. The van der Waals surface area contributed by atoms with Crippen LogP contribution in [0.5, 0.6) is 0 Å². The average molecular weight is 537 g/mol. The molecule has 1 saturated carbocycles. The van der Waals surface area contributed by atoms with Crippen molar-refractivity contribution < 1.29 is 4.79 Å². The number of nitrogens with one attached hydrogen (secondary N) is 1. The minimum absolute atomic E-state index is 0.698. The maximum atomic E-state index is 11.5. The number of amides is 1. The molecule has 1 aromatic carbocycles. The summed E-state index contributed by atoms with van der Waals surface area (Å²) in [6.07, 6.45) is 8.04. The number of hydrazine groups is 1. The van der Waals surface area contributed by atoms with Gasteiger partial charge in [-0.15, -0.1) is 0 Å². The highest BCUT2D eigenvalue weighted by Crippen LogP contribution is 2.43. The molecule has 1 aliphatic carbocycles. The molecular weight excluding hydrogens is 496 g/mol. The maximum Gasteiger partial charge on any atom is 0.210 e. The molecule has 40 heavy (non-hydrogen) atoms. The first kappa shape index (κ1) is 25.4. The zero-order valence-corrected chi connectivity index (χ0v) is 24.0. The minimum Gasteiger partial charge on any atom is -0.340 e. The molecule has 7 nitrogen and oxygen atoms in total. The molecule has 0 spiro atoms. The third-order valence-electron chi connectivity index (χ3n) is 9.05. The van der Waals surface area contributed by atoms with Gasteiger partial charge in [-0.05, 0) is 87.4 Å². The van der Waals surface area contributed by atoms with Crippen LogP contribution in [0.2, 0.25) is 0 Å². The predicted molar refractivity (Wildman–Crippen MR) is 162 cm³/mol. The van der Waals surface area contributed by atoms with E-state index in [1.54, 1.807) is 0 Å². The van der Waals surface area contributed by atoms with Gasteiger partial charge in [-0.2, -0.15) is 0 Å². The maximum absolute atomic E-state index is 11.5. The number of hydrogen-bond acceptors (Lipinski definition) is 5. The van der Waals surface area contributed by atoms with Crippen LogP contribution in [0.25, 0.3) is 27.6 Å². The van der Waals surface area contributed by atoms with E-state index in [0.717, 1.165) is 75.8 Å². The van der Waals surface area contributed by atoms with E-state index >= 15 is 0 Å². The van der Waals surface area contributed by atoms with Gasteiger partial charge in [0, 0.05) is 59.8 Å². The monoisotopic (exact) mass is 536 g/mol. The van der Waals surface area contributed by atoms with Crippen molar-refractivity contribution in [3.63, 3.8) is 0 Å². The quantitative estimate of drug-likeness (QED) is 0.404. The van der Waals surface area contributed by atoms with Gasteiger partial charge in [0.25, 0.3) is 0 Å². The summed E-state index contributed by atoms with van der Waals surface area (Å²) < 4.78 is 2.63. The van der Waals surface area contributed by atoms with Crippen molar-refractivity contribution in [3.05, 3.63) is 64.8 Å². The van der Waals surface area contributed by atoms with Gasteiger partial charge in [0.15, 0.2) is 0 Å². The summed E-state index contributed by atoms with van der Waals surface area (Å²) in [5, 5.41) is 9.72. The molecule has 0 unspecified atom stereocenters. The van der Waals surface area contributed by atoms with E-state index in [-0.39, 0.29) is 0 Å². The fourth-order valence-electron chi connectivity index (χ4n) is 6.91. The summed E-state index contributed by atoms with van der Waals surface area (Å²) in [4.78, 5) is 18.4. The second-order valence-electron chi connectivity index (χ2n) is 11.8. The lowest BCUT2D eigenvalue weighted by Gasteiger charge is -2.35. The number of likely N-dealkylation sites (N-methyl/N-ethyl adjacent to an activating group) is 1. The Morgan fingerprint density at radius 1 is 1.07 bits per heavy atom. The minimum atomic E-state index is 0.698. The second-order valence-corrected chi connectivity index (χ2v) is 11.8. The van der Waals surface area contributed by atoms with E-state index in [1.807, 2.05) is 4.90 Å². The summed E-state index contributed by atoms with van der Waals surface area (Å²) in [5.74, 6) is 0.767. The van der Waals surface area contributed by atoms with Crippen LogP contribution >= 0.6 is 0 Å². The summed E-state index contributed by atoms with van der Waals surface area (Å²) in [5.41, 5.74) is 12.7. The molecule has 1 N–H and O–H groups in total. The molecule has 0 bridgehead atoms. The van der Waals surface area contributed by atoms with Gasteiger partial charge < -0.3 is 14.8 Å². The van der Waals surface area contributed by atoms with Crippen LogP contribution in [-0.4, -0.2) is 65.1 Å². The molecule has 3 aliphatic heterocycles. The van der Waals surface area contributed by atoms with Gasteiger partial charge in [0.1, 0.15) is 0 Å². The number of aryl methyl sites for hydroxylation is 2. The molecule has 5 heterocycles. The van der Waals surface area contributed by atoms with Crippen molar-refractivity contribution >= 4 is 28.6 Å². The highest BCUT2D eigenvalue weighted by atomic mass is 16.1. The van der Waals surface area contributed by atoms with Crippen molar-refractivity contribution in [1.82, 2.24) is 24.8 Å². The number of carbonyl (C=O) groups is 1. The highest BCUT2D eigenvalue weighted by molar-refractivity contribution is 6.00. The Labute approximate surface area is 237 Å². The third kappa shape index (κ3) is 4.31. The fraction of sp³-hybridized carbons (Fsp3) is 0.455. The van der Waals surface area contributed by atoms with Crippen LogP contribution < -0.4 is 10.3 Å². The molecule has 0 radical (unpaired) electrons. The Kier molecular flexibility index (Phi) is 6.42. The summed E-state index contributed by atoms with van der Waals surface area (Å²) in [6, 6.07) is 11.7. The molecule has 208 valence electrons. The topological polar surface area (TPSA) is 56.6 Å². The zero-order chi connectivity index (χ0) is 27.4. The van der Waals surface area contributed by atoms with Crippen molar-refractivity contribution in [2.24, 2.45) is 5.92 Å². The number of benzene rings is 1. The van der Waals surface area contributed by atoms with Crippen LogP contribution in [-0.2, 0) is 17.8 Å². The number of fused-ring (bicyclic) bond motifs is 1. The predicted octanol–water partition coefficient (Wildman–Crippen LogP) is 5.14. The lowest BCUT2D eigenvalue weighted by molar-refractivity contribution is -0.117. The molecule has 0 atom stereocenters. The number of rotatable bonds is 8. The lowest BCUT2D eigenvalue weighted by atomic mass is 9.98. The smallest absolute Gasteiger partial charge is 0.210 e. The number of aromatic nitrogens is 2. The lowest BCUT2D eigenvalue weighted by Crippen LogP contribution is -2.41. The Hall–Kier alpha value is -3.58. The molecule has 3 aromatic rings. The Bertz CT molecular complexity index is 1540. The van der Waals surface area contributed by atoms with Crippen LogP contribution in [0.1, 0.15) is 50.2 Å². The Morgan fingerprint density at radius 3 is 2.67 bits per heavy atom. The molecule has 2 aromatic heterocycles. The van der Waals surface area contributed by atoms with Crippen LogP contribution in [0.4, 0.5) is 5.69 Å². The molecule has 1 amide bonds. The van der Waals surface area contributed by atoms with Gasteiger partial charge in [0.05, 0.1) is 30.0 Å². The normalized spacial score (nSPS) is 19.2. The molecular formula is C33H40N6O. The first-order chi connectivity index (χ1) is 19.6. The van der Waals surface area contributed by atoms with Gasteiger partial charge in [-0.1, -0.05) is 19.1 Å². The highest BCUT2D eigenvalue weighted by Gasteiger charge is 2.36. The van der Waals surface area contributed by atoms with Crippen molar-refractivity contribution in [2.45, 2.75) is 53.0 Å². The van der Waals surface area contributed by atoms with Gasteiger partial charge in [-0.3, -0.25) is 19.8 Å². The molecule has 1 fully saturated rings. The number of pyridine rings is 1. The van der Waals surface area contributed by atoms with E-state index in [4.69, 9.17) is 4.98 Å². The zero-order valence-electron chi connectivity index (χ0n) is 24.0. The van der Waals surface area contributed by atoms with E-state index in [9.17, 15) is 4.79 Å². The molecule has 7 heteroatoms. The van der Waals surface area contributed by atoms with E-state index in [0.29, 0.717) is 6.54 Å². The standard InChI is InChI=1S/C33H40N6O/c1-4-30-28(11-8-22(3)35-30)29-15-27(39-19-26-18-36(21-40)20-32(26)38(39)5-2)13-25-14-31(24-7-6-12-34-16-24)37(33(25)29)17-23-9-10-23/h7-8,11,13-15,21,23,34H,4-6,9-10,12,16-20H2,1-3H3. The number of nitrogens with zero attached hydrogens (tertiary/aromatic N) is 5.